The topological polar surface area (TPSA) is 17.1 Å². The van der Waals surface area contributed by atoms with Crippen LogP contribution in [0.5, 0.6) is 0 Å². The lowest BCUT2D eigenvalue weighted by atomic mass is 9.80. The van der Waals surface area contributed by atoms with E-state index in [4.69, 9.17) is 0 Å². The summed E-state index contributed by atoms with van der Waals surface area (Å²) >= 11 is 0. The fourth-order valence-corrected chi connectivity index (χ4v) is 2.44. The van der Waals surface area contributed by atoms with Crippen molar-refractivity contribution < 1.29 is 4.79 Å². The molecule has 0 aliphatic heterocycles. The van der Waals surface area contributed by atoms with Crippen molar-refractivity contribution in [3.8, 4) is 0 Å². The van der Waals surface area contributed by atoms with Gasteiger partial charge in [-0.15, -0.1) is 0 Å². The van der Waals surface area contributed by atoms with Crippen LogP contribution >= 0.6 is 0 Å². The first-order chi connectivity index (χ1) is 7.14. The van der Waals surface area contributed by atoms with Crippen LogP contribution in [-0.2, 0) is 16.6 Å². The number of carbonyl (C=O) groups is 1. The van der Waals surface area contributed by atoms with E-state index in [-0.39, 0.29) is 5.41 Å². The van der Waals surface area contributed by atoms with Gasteiger partial charge in [-0.05, 0) is 29.4 Å². The lowest BCUT2D eigenvalue weighted by molar-refractivity contribution is -0.117. The third-order valence-electron chi connectivity index (χ3n) is 3.58. The number of carbonyl (C=O) groups excluding carboxylic acids is 1. The van der Waals surface area contributed by atoms with Gasteiger partial charge >= 0.3 is 0 Å². The third-order valence-corrected chi connectivity index (χ3v) is 3.58. The Hall–Kier alpha value is -1.11. The fraction of sp³-hybridized carbons (Fsp3) is 0.500. The molecule has 0 radical (unpaired) electrons. The quantitative estimate of drug-likeness (QED) is 0.719. The molecule has 0 aromatic heterocycles. The van der Waals surface area contributed by atoms with Gasteiger partial charge in [0.05, 0.1) is 0 Å². The van der Waals surface area contributed by atoms with Crippen LogP contribution in [0.1, 0.15) is 44.2 Å². The van der Waals surface area contributed by atoms with Crippen molar-refractivity contribution in [1.82, 2.24) is 0 Å². The van der Waals surface area contributed by atoms with Gasteiger partial charge in [-0.25, -0.2) is 0 Å². The summed E-state index contributed by atoms with van der Waals surface area (Å²) in [6.07, 6.45) is 3.56. The standard InChI is InChI=1S/C14H18O/c1-3-11-5-4-6-12(9-11)14(2)8-7-13(15)10-14/h4-6,9H,3,7-8,10H2,1-2H3. The number of ketones is 1. The van der Waals surface area contributed by atoms with Crippen molar-refractivity contribution in [3.05, 3.63) is 35.4 Å². The Balaban J connectivity index is 2.32. The summed E-state index contributed by atoms with van der Waals surface area (Å²) < 4.78 is 0. The molecule has 1 nitrogen and oxygen atoms in total. The Morgan fingerprint density at radius 3 is 2.80 bits per heavy atom. The zero-order valence-corrected chi connectivity index (χ0v) is 9.55. The highest BCUT2D eigenvalue weighted by Gasteiger charge is 2.35. The summed E-state index contributed by atoms with van der Waals surface area (Å²) in [7, 11) is 0. The number of benzene rings is 1. The van der Waals surface area contributed by atoms with Gasteiger partial charge in [0.15, 0.2) is 0 Å². The molecule has 2 rings (SSSR count). The molecule has 0 saturated heterocycles. The van der Waals surface area contributed by atoms with E-state index in [0.717, 1.165) is 25.7 Å². The Bertz CT molecular complexity index is 381. The predicted octanol–water partition coefficient (Wildman–Crippen LogP) is 3.26. The Morgan fingerprint density at radius 2 is 2.20 bits per heavy atom. The van der Waals surface area contributed by atoms with E-state index >= 15 is 0 Å². The first-order valence-corrected chi connectivity index (χ1v) is 5.75. The maximum atomic E-state index is 11.4. The van der Waals surface area contributed by atoms with Crippen LogP contribution in [0.15, 0.2) is 24.3 Å². The van der Waals surface area contributed by atoms with Crippen LogP contribution in [0.3, 0.4) is 0 Å². The van der Waals surface area contributed by atoms with Crippen LogP contribution in [0, 0.1) is 0 Å². The van der Waals surface area contributed by atoms with Gasteiger partial charge in [0.25, 0.3) is 0 Å². The normalized spacial score (nSPS) is 25.9. The monoisotopic (exact) mass is 202 g/mol. The lowest BCUT2D eigenvalue weighted by Gasteiger charge is -2.23. The number of aryl methyl sites for hydroxylation is 1. The van der Waals surface area contributed by atoms with Crippen molar-refractivity contribution in [2.24, 2.45) is 0 Å². The van der Waals surface area contributed by atoms with Crippen LogP contribution in [0.4, 0.5) is 0 Å². The first kappa shape index (κ1) is 10.4. The SMILES string of the molecule is CCc1cccc(C2(C)CCC(=O)C2)c1. The zero-order valence-electron chi connectivity index (χ0n) is 9.55. The molecule has 1 fully saturated rings. The van der Waals surface area contributed by atoms with E-state index < -0.39 is 0 Å². The van der Waals surface area contributed by atoms with E-state index in [1.807, 2.05) is 0 Å². The maximum Gasteiger partial charge on any atom is 0.133 e. The second kappa shape index (κ2) is 3.80. The molecule has 1 unspecified atom stereocenters. The third kappa shape index (κ3) is 1.97. The highest BCUT2D eigenvalue weighted by molar-refractivity contribution is 5.82. The minimum Gasteiger partial charge on any atom is -0.300 e. The van der Waals surface area contributed by atoms with Crippen molar-refractivity contribution >= 4 is 5.78 Å². The summed E-state index contributed by atoms with van der Waals surface area (Å²) in [6.45, 7) is 4.38. The van der Waals surface area contributed by atoms with Crippen molar-refractivity contribution in [2.75, 3.05) is 0 Å². The highest BCUT2D eigenvalue weighted by Crippen LogP contribution is 2.38. The lowest BCUT2D eigenvalue weighted by Crippen LogP contribution is -2.17. The molecule has 1 aliphatic carbocycles. The van der Waals surface area contributed by atoms with Gasteiger partial charge in [0, 0.05) is 12.8 Å². The second-order valence-corrected chi connectivity index (χ2v) is 4.83. The minimum absolute atomic E-state index is 0.0995. The molecule has 1 heteroatoms. The number of Topliss-reactive ketones (excluding diaryl/α,β-unsaturated/α-hetero) is 1. The van der Waals surface area contributed by atoms with E-state index in [2.05, 4.69) is 38.1 Å². The molecule has 1 aliphatic rings. The average molecular weight is 202 g/mol. The molecule has 1 aromatic rings. The average Bonchev–Trinajstić information content (AvgIpc) is 2.60. The van der Waals surface area contributed by atoms with Gasteiger partial charge in [-0.1, -0.05) is 38.1 Å². The number of rotatable bonds is 2. The van der Waals surface area contributed by atoms with Crippen molar-refractivity contribution in [1.29, 1.82) is 0 Å². The number of hydrogen-bond donors (Lipinski definition) is 0. The molecule has 80 valence electrons. The summed E-state index contributed by atoms with van der Waals surface area (Å²) in [5.41, 5.74) is 2.81. The molecule has 1 aromatic carbocycles. The molecule has 15 heavy (non-hydrogen) atoms. The first-order valence-electron chi connectivity index (χ1n) is 5.75. The summed E-state index contributed by atoms with van der Waals surface area (Å²) in [5, 5.41) is 0. The maximum absolute atomic E-state index is 11.4. The molecule has 0 N–H and O–H groups in total. The minimum atomic E-state index is 0.0995. The van der Waals surface area contributed by atoms with E-state index in [1.165, 1.54) is 11.1 Å². The van der Waals surface area contributed by atoms with Gasteiger partial charge in [0.1, 0.15) is 5.78 Å². The van der Waals surface area contributed by atoms with Gasteiger partial charge < -0.3 is 0 Å². The summed E-state index contributed by atoms with van der Waals surface area (Å²) in [4.78, 5) is 11.4. The molecule has 0 bridgehead atoms. The predicted molar refractivity (Wildman–Crippen MR) is 62.0 cm³/mol. The van der Waals surface area contributed by atoms with E-state index in [0.29, 0.717) is 5.78 Å². The second-order valence-electron chi connectivity index (χ2n) is 4.83. The number of hydrogen-bond acceptors (Lipinski definition) is 1. The molecule has 0 heterocycles. The molecule has 0 amide bonds. The van der Waals surface area contributed by atoms with Crippen LogP contribution < -0.4 is 0 Å². The molecular formula is C14H18O. The molecule has 0 spiro atoms. The highest BCUT2D eigenvalue weighted by atomic mass is 16.1. The van der Waals surface area contributed by atoms with Crippen molar-refractivity contribution in [3.63, 3.8) is 0 Å². The molecular weight excluding hydrogens is 184 g/mol. The largest absolute Gasteiger partial charge is 0.300 e. The van der Waals surface area contributed by atoms with Crippen LogP contribution in [-0.4, -0.2) is 5.78 Å². The van der Waals surface area contributed by atoms with Gasteiger partial charge in [-0.3, -0.25) is 4.79 Å². The molecule has 1 atom stereocenters. The van der Waals surface area contributed by atoms with Crippen molar-refractivity contribution in [2.45, 2.75) is 44.9 Å². The Labute approximate surface area is 91.5 Å². The van der Waals surface area contributed by atoms with Crippen LogP contribution in [0.25, 0.3) is 0 Å². The van der Waals surface area contributed by atoms with E-state index in [1.54, 1.807) is 0 Å². The van der Waals surface area contributed by atoms with Gasteiger partial charge in [-0.2, -0.15) is 0 Å². The zero-order chi connectivity index (χ0) is 10.9. The summed E-state index contributed by atoms with van der Waals surface area (Å²) in [6, 6.07) is 8.70. The van der Waals surface area contributed by atoms with Crippen LogP contribution in [0.2, 0.25) is 0 Å². The Morgan fingerprint density at radius 1 is 1.40 bits per heavy atom. The van der Waals surface area contributed by atoms with Gasteiger partial charge in [0.2, 0.25) is 0 Å². The smallest absolute Gasteiger partial charge is 0.133 e. The van der Waals surface area contributed by atoms with E-state index in [9.17, 15) is 4.79 Å². The Kier molecular flexibility index (Phi) is 2.64. The summed E-state index contributed by atoms with van der Waals surface area (Å²) in [5.74, 6) is 0.416. The molecule has 1 saturated carbocycles. The fourth-order valence-electron chi connectivity index (χ4n) is 2.44.